The number of aromatic nitrogens is 1. The zero-order valence-electron chi connectivity index (χ0n) is 10.7. The summed E-state index contributed by atoms with van der Waals surface area (Å²) in [5, 5.41) is 12.2. The largest absolute Gasteiger partial charge is 0.477 e. The molecule has 1 saturated carbocycles. The highest BCUT2D eigenvalue weighted by molar-refractivity contribution is 5.85. The van der Waals surface area contributed by atoms with Crippen LogP contribution in [0.15, 0.2) is 18.2 Å². The van der Waals surface area contributed by atoms with Crippen LogP contribution in [0.1, 0.15) is 49.5 Å². The van der Waals surface area contributed by atoms with Crippen LogP contribution in [0.25, 0.3) is 0 Å². The SMILES string of the molecule is CC(Nc1cccc(C(=O)O)n1)C1CCCCC1. The molecule has 2 rings (SSSR count). The topological polar surface area (TPSA) is 62.2 Å². The van der Waals surface area contributed by atoms with Crippen molar-refractivity contribution in [1.82, 2.24) is 4.98 Å². The van der Waals surface area contributed by atoms with Crippen molar-refractivity contribution >= 4 is 11.8 Å². The molecule has 0 bridgehead atoms. The lowest BCUT2D eigenvalue weighted by Crippen LogP contribution is -2.28. The Kier molecular flexibility index (Phi) is 4.18. The van der Waals surface area contributed by atoms with Crippen molar-refractivity contribution in [3.8, 4) is 0 Å². The summed E-state index contributed by atoms with van der Waals surface area (Å²) in [4.78, 5) is 14.9. The molecule has 4 heteroatoms. The fraction of sp³-hybridized carbons (Fsp3) is 0.571. The maximum atomic E-state index is 10.9. The van der Waals surface area contributed by atoms with Crippen molar-refractivity contribution in [1.29, 1.82) is 0 Å². The molecule has 2 N–H and O–H groups in total. The van der Waals surface area contributed by atoms with Gasteiger partial charge in [0.05, 0.1) is 0 Å². The Hall–Kier alpha value is -1.58. The first-order valence-corrected chi connectivity index (χ1v) is 6.63. The standard InChI is InChI=1S/C14H20N2O2/c1-10(11-6-3-2-4-7-11)15-13-9-5-8-12(16-13)14(17)18/h5,8-11H,2-4,6-7H2,1H3,(H,15,16)(H,17,18). The molecule has 0 aliphatic heterocycles. The van der Waals surface area contributed by atoms with Crippen LogP contribution in [0.3, 0.4) is 0 Å². The van der Waals surface area contributed by atoms with E-state index < -0.39 is 5.97 Å². The van der Waals surface area contributed by atoms with E-state index >= 15 is 0 Å². The molecule has 0 radical (unpaired) electrons. The molecule has 98 valence electrons. The van der Waals surface area contributed by atoms with Crippen molar-refractivity contribution in [3.63, 3.8) is 0 Å². The number of hydrogen-bond donors (Lipinski definition) is 2. The van der Waals surface area contributed by atoms with Gasteiger partial charge in [-0.05, 0) is 37.8 Å². The number of carboxylic acids is 1. The Morgan fingerprint density at radius 1 is 1.39 bits per heavy atom. The molecule has 1 aliphatic rings. The molecule has 1 aromatic heterocycles. The monoisotopic (exact) mass is 248 g/mol. The van der Waals surface area contributed by atoms with Crippen LogP contribution in [0.4, 0.5) is 5.82 Å². The summed E-state index contributed by atoms with van der Waals surface area (Å²) in [6, 6.07) is 5.42. The molecule has 1 heterocycles. The summed E-state index contributed by atoms with van der Waals surface area (Å²) < 4.78 is 0. The number of aromatic carboxylic acids is 1. The molecule has 1 aliphatic carbocycles. The van der Waals surface area contributed by atoms with Crippen molar-refractivity contribution in [3.05, 3.63) is 23.9 Å². The number of rotatable bonds is 4. The number of nitrogens with one attached hydrogen (secondary N) is 1. The van der Waals surface area contributed by atoms with Crippen LogP contribution < -0.4 is 5.32 Å². The summed E-state index contributed by atoms with van der Waals surface area (Å²) in [6.07, 6.45) is 6.47. The van der Waals surface area contributed by atoms with Gasteiger partial charge in [-0.15, -0.1) is 0 Å². The fourth-order valence-electron chi connectivity index (χ4n) is 2.62. The molecule has 1 aromatic rings. The van der Waals surface area contributed by atoms with Crippen LogP contribution >= 0.6 is 0 Å². The molecule has 0 saturated heterocycles. The van der Waals surface area contributed by atoms with E-state index in [2.05, 4.69) is 17.2 Å². The van der Waals surface area contributed by atoms with Gasteiger partial charge >= 0.3 is 5.97 Å². The fourth-order valence-corrected chi connectivity index (χ4v) is 2.62. The molecule has 1 atom stereocenters. The minimum absolute atomic E-state index is 0.0934. The minimum atomic E-state index is -0.982. The highest BCUT2D eigenvalue weighted by Crippen LogP contribution is 2.27. The van der Waals surface area contributed by atoms with Gasteiger partial charge in [0.1, 0.15) is 5.82 Å². The van der Waals surface area contributed by atoms with Crippen LogP contribution in [-0.4, -0.2) is 22.1 Å². The van der Waals surface area contributed by atoms with Crippen molar-refractivity contribution in [2.24, 2.45) is 5.92 Å². The van der Waals surface area contributed by atoms with Gasteiger partial charge < -0.3 is 10.4 Å². The molecule has 0 aromatic carbocycles. The van der Waals surface area contributed by atoms with E-state index in [0.717, 1.165) is 0 Å². The van der Waals surface area contributed by atoms with Crippen LogP contribution in [-0.2, 0) is 0 Å². The van der Waals surface area contributed by atoms with Crippen LogP contribution in [0.2, 0.25) is 0 Å². The van der Waals surface area contributed by atoms with Gasteiger partial charge in [0.25, 0.3) is 0 Å². The third kappa shape index (κ3) is 3.22. The van der Waals surface area contributed by atoms with Gasteiger partial charge in [-0.1, -0.05) is 25.3 Å². The molecule has 1 unspecified atom stereocenters. The molecule has 0 spiro atoms. The number of anilines is 1. The smallest absolute Gasteiger partial charge is 0.354 e. The second kappa shape index (κ2) is 5.85. The number of carbonyl (C=O) groups is 1. The summed E-state index contributed by atoms with van der Waals surface area (Å²) in [6.45, 7) is 2.16. The Balaban J connectivity index is 1.99. The van der Waals surface area contributed by atoms with E-state index in [1.807, 2.05) is 6.07 Å². The lowest BCUT2D eigenvalue weighted by atomic mass is 9.84. The Morgan fingerprint density at radius 2 is 2.11 bits per heavy atom. The summed E-state index contributed by atoms with van der Waals surface area (Å²) >= 11 is 0. The predicted octanol–water partition coefficient (Wildman–Crippen LogP) is 3.16. The average molecular weight is 248 g/mol. The number of carboxylic acid groups (broad SMARTS) is 1. The van der Waals surface area contributed by atoms with Crippen molar-refractivity contribution < 1.29 is 9.90 Å². The normalized spacial score (nSPS) is 18.3. The van der Waals surface area contributed by atoms with Gasteiger partial charge in [0, 0.05) is 6.04 Å². The Morgan fingerprint density at radius 3 is 2.78 bits per heavy atom. The van der Waals surface area contributed by atoms with E-state index in [-0.39, 0.29) is 5.69 Å². The van der Waals surface area contributed by atoms with Gasteiger partial charge in [-0.2, -0.15) is 0 Å². The van der Waals surface area contributed by atoms with E-state index in [4.69, 9.17) is 5.11 Å². The zero-order chi connectivity index (χ0) is 13.0. The van der Waals surface area contributed by atoms with E-state index in [9.17, 15) is 4.79 Å². The Labute approximate surface area is 107 Å². The highest BCUT2D eigenvalue weighted by Gasteiger charge is 2.20. The molecule has 4 nitrogen and oxygen atoms in total. The Bertz CT molecular complexity index is 414. The van der Waals surface area contributed by atoms with Crippen LogP contribution in [0, 0.1) is 5.92 Å². The van der Waals surface area contributed by atoms with E-state index in [0.29, 0.717) is 17.8 Å². The summed E-state index contributed by atoms with van der Waals surface area (Å²) in [7, 11) is 0. The van der Waals surface area contributed by atoms with Gasteiger partial charge in [-0.25, -0.2) is 9.78 Å². The molecular weight excluding hydrogens is 228 g/mol. The molecule has 18 heavy (non-hydrogen) atoms. The van der Waals surface area contributed by atoms with Crippen molar-refractivity contribution in [2.45, 2.75) is 45.1 Å². The molecule has 1 fully saturated rings. The predicted molar refractivity (Wildman–Crippen MR) is 70.9 cm³/mol. The third-order valence-corrected chi connectivity index (χ3v) is 3.70. The first kappa shape index (κ1) is 12.9. The summed E-state index contributed by atoms with van der Waals surface area (Å²) in [5.74, 6) is 0.353. The average Bonchev–Trinajstić information content (AvgIpc) is 2.40. The minimum Gasteiger partial charge on any atom is -0.477 e. The maximum absolute atomic E-state index is 10.9. The van der Waals surface area contributed by atoms with Gasteiger partial charge in [-0.3, -0.25) is 0 Å². The lowest BCUT2D eigenvalue weighted by molar-refractivity contribution is 0.0690. The second-order valence-electron chi connectivity index (χ2n) is 5.04. The summed E-state index contributed by atoms with van der Waals surface area (Å²) in [5.41, 5.74) is 0.0934. The number of pyridine rings is 1. The quantitative estimate of drug-likeness (QED) is 0.859. The highest BCUT2D eigenvalue weighted by atomic mass is 16.4. The first-order valence-electron chi connectivity index (χ1n) is 6.63. The first-order chi connectivity index (χ1) is 8.66. The zero-order valence-corrected chi connectivity index (χ0v) is 10.7. The van der Waals surface area contributed by atoms with Gasteiger partial charge in [0.2, 0.25) is 0 Å². The van der Waals surface area contributed by atoms with Crippen LogP contribution in [0.5, 0.6) is 0 Å². The number of hydrogen-bond acceptors (Lipinski definition) is 3. The van der Waals surface area contributed by atoms with Gasteiger partial charge in [0.15, 0.2) is 5.69 Å². The number of nitrogens with zero attached hydrogens (tertiary/aromatic N) is 1. The van der Waals surface area contributed by atoms with E-state index in [1.165, 1.54) is 38.2 Å². The molecule has 0 amide bonds. The lowest BCUT2D eigenvalue weighted by Gasteiger charge is -2.28. The van der Waals surface area contributed by atoms with Crippen molar-refractivity contribution in [2.75, 3.05) is 5.32 Å². The maximum Gasteiger partial charge on any atom is 0.354 e. The molecular formula is C14H20N2O2. The third-order valence-electron chi connectivity index (χ3n) is 3.70. The van der Waals surface area contributed by atoms with E-state index in [1.54, 1.807) is 6.07 Å². The second-order valence-corrected chi connectivity index (χ2v) is 5.04.